The zero-order valence-corrected chi connectivity index (χ0v) is 9.38. The SMILES string of the molecule is O=C(NCc1ccon1)c1ccc2cn[nH]c2c1. The van der Waals surface area contributed by atoms with Gasteiger partial charge in [0.25, 0.3) is 5.91 Å². The summed E-state index contributed by atoms with van der Waals surface area (Å²) in [4.78, 5) is 11.9. The fourth-order valence-electron chi connectivity index (χ4n) is 1.68. The van der Waals surface area contributed by atoms with E-state index in [9.17, 15) is 4.79 Å². The number of H-pyrrole nitrogens is 1. The number of carbonyl (C=O) groups excluding carboxylic acids is 1. The van der Waals surface area contributed by atoms with Gasteiger partial charge >= 0.3 is 0 Å². The molecular weight excluding hydrogens is 232 g/mol. The van der Waals surface area contributed by atoms with Crippen LogP contribution in [-0.2, 0) is 6.54 Å². The number of nitrogens with one attached hydrogen (secondary N) is 2. The average Bonchev–Trinajstić information content (AvgIpc) is 3.05. The summed E-state index contributed by atoms with van der Waals surface area (Å²) in [6.45, 7) is 0.344. The van der Waals surface area contributed by atoms with E-state index in [0.29, 0.717) is 17.8 Å². The summed E-state index contributed by atoms with van der Waals surface area (Å²) in [6.07, 6.45) is 3.19. The third kappa shape index (κ3) is 1.95. The smallest absolute Gasteiger partial charge is 0.251 e. The molecule has 3 rings (SSSR count). The highest BCUT2D eigenvalue weighted by atomic mass is 16.5. The average molecular weight is 242 g/mol. The second-order valence-corrected chi connectivity index (χ2v) is 3.85. The van der Waals surface area contributed by atoms with Crippen molar-refractivity contribution in [1.29, 1.82) is 0 Å². The maximum Gasteiger partial charge on any atom is 0.251 e. The normalized spacial score (nSPS) is 10.7. The lowest BCUT2D eigenvalue weighted by molar-refractivity contribution is 0.0950. The van der Waals surface area contributed by atoms with Crippen LogP contribution in [0.15, 0.2) is 41.2 Å². The van der Waals surface area contributed by atoms with Crippen LogP contribution in [0.3, 0.4) is 0 Å². The molecule has 0 saturated carbocycles. The minimum atomic E-state index is -0.158. The monoisotopic (exact) mass is 242 g/mol. The molecule has 2 heterocycles. The van der Waals surface area contributed by atoms with Crippen molar-refractivity contribution in [2.75, 3.05) is 0 Å². The molecule has 0 atom stereocenters. The van der Waals surface area contributed by atoms with Crippen molar-refractivity contribution in [3.8, 4) is 0 Å². The van der Waals surface area contributed by atoms with Crippen molar-refractivity contribution in [3.63, 3.8) is 0 Å². The first-order chi connectivity index (χ1) is 8.83. The Hall–Kier alpha value is -2.63. The number of carbonyl (C=O) groups is 1. The third-order valence-electron chi connectivity index (χ3n) is 2.63. The Morgan fingerprint density at radius 2 is 2.33 bits per heavy atom. The molecule has 0 aliphatic rings. The van der Waals surface area contributed by atoms with Crippen molar-refractivity contribution < 1.29 is 9.32 Å². The van der Waals surface area contributed by atoms with Crippen LogP contribution >= 0.6 is 0 Å². The van der Waals surface area contributed by atoms with Crippen LogP contribution in [0.2, 0.25) is 0 Å². The first-order valence-corrected chi connectivity index (χ1v) is 5.43. The largest absolute Gasteiger partial charge is 0.364 e. The summed E-state index contributed by atoms with van der Waals surface area (Å²) < 4.78 is 4.69. The van der Waals surface area contributed by atoms with Crippen LogP contribution in [0.4, 0.5) is 0 Å². The van der Waals surface area contributed by atoms with E-state index in [-0.39, 0.29) is 5.91 Å². The van der Waals surface area contributed by atoms with E-state index in [1.807, 2.05) is 6.07 Å². The molecule has 2 N–H and O–H groups in total. The van der Waals surface area contributed by atoms with E-state index in [4.69, 9.17) is 0 Å². The summed E-state index contributed by atoms with van der Waals surface area (Å²) in [5.41, 5.74) is 2.10. The van der Waals surface area contributed by atoms with Crippen molar-refractivity contribution >= 4 is 16.8 Å². The predicted octanol–water partition coefficient (Wildman–Crippen LogP) is 1.48. The lowest BCUT2D eigenvalue weighted by Gasteiger charge is -2.02. The van der Waals surface area contributed by atoms with Crippen molar-refractivity contribution in [2.24, 2.45) is 0 Å². The third-order valence-corrected chi connectivity index (χ3v) is 2.63. The van der Waals surface area contributed by atoms with Gasteiger partial charge in [0.2, 0.25) is 0 Å². The number of nitrogens with zero attached hydrogens (tertiary/aromatic N) is 2. The summed E-state index contributed by atoms with van der Waals surface area (Å²) in [5.74, 6) is -0.158. The van der Waals surface area contributed by atoms with Crippen LogP contribution in [-0.4, -0.2) is 21.3 Å². The fourth-order valence-corrected chi connectivity index (χ4v) is 1.68. The number of hydrogen-bond acceptors (Lipinski definition) is 4. The molecule has 0 saturated heterocycles. The Morgan fingerprint density at radius 3 is 3.17 bits per heavy atom. The van der Waals surface area contributed by atoms with Gasteiger partial charge in [-0.1, -0.05) is 11.2 Å². The van der Waals surface area contributed by atoms with Gasteiger partial charge in [-0.15, -0.1) is 0 Å². The molecule has 1 aromatic carbocycles. The Labute approximate surface area is 102 Å². The number of fused-ring (bicyclic) bond motifs is 1. The predicted molar refractivity (Wildman–Crippen MR) is 63.8 cm³/mol. The molecule has 90 valence electrons. The molecular formula is C12H10N4O2. The van der Waals surface area contributed by atoms with E-state index in [1.54, 1.807) is 24.4 Å². The molecule has 2 aromatic heterocycles. The van der Waals surface area contributed by atoms with Gasteiger partial charge in [-0.05, 0) is 12.1 Å². The highest BCUT2D eigenvalue weighted by molar-refractivity contribution is 5.97. The molecule has 18 heavy (non-hydrogen) atoms. The van der Waals surface area contributed by atoms with Crippen LogP contribution in [0.25, 0.3) is 10.9 Å². The van der Waals surface area contributed by atoms with Crippen LogP contribution in [0.5, 0.6) is 0 Å². The number of aromatic nitrogens is 3. The van der Waals surface area contributed by atoms with Gasteiger partial charge < -0.3 is 9.84 Å². The molecule has 0 aliphatic heterocycles. The Morgan fingerprint density at radius 1 is 1.39 bits per heavy atom. The maximum absolute atomic E-state index is 11.9. The van der Waals surface area contributed by atoms with Gasteiger partial charge in [0.1, 0.15) is 12.0 Å². The van der Waals surface area contributed by atoms with Gasteiger partial charge in [0, 0.05) is 17.0 Å². The molecule has 0 bridgehead atoms. The molecule has 0 aliphatic carbocycles. The number of rotatable bonds is 3. The first-order valence-electron chi connectivity index (χ1n) is 5.43. The summed E-state index contributed by atoms with van der Waals surface area (Å²) in [5, 5.41) is 14.2. The quantitative estimate of drug-likeness (QED) is 0.728. The van der Waals surface area contributed by atoms with E-state index in [2.05, 4.69) is 25.2 Å². The zero-order valence-electron chi connectivity index (χ0n) is 9.38. The van der Waals surface area contributed by atoms with E-state index < -0.39 is 0 Å². The van der Waals surface area contributed by atoms with Crippen molar-refractivity contribution in [3.05, 3.63) is 48.0 Å². The molecule has 6 nitrogen and oxygen atoms in total. The van der Waals surface area contributed by atoms with E-state index in [0.717, 1.165) is 10.9 Å². The van der Waals surface area contributed by atoms with Gasteiger partial charge in [0.05, 0.1) is 18.3 Å². The maximum atomic E-state index is 11.9. The van der Waals surface area contributed by atoms with Gasteiger partial charge in [-0.2, -0.15) is 5.10 Å². The molecule has 1 amide bonds. The van der Waals surface area contributed by atoms with E-state index in [1.165, 1.54) is 6.26 Å². The van der Waals surface area contributed by atoms with Crippen molar-refractivity contribution in [1.82, 2.24) is 20.7 Å². The number of amides is 1. The highest BCUT2D eigenvalue weighted by Crippen LogP contribution is 2.12. The van der Waals surface area contributed by atoms with Gasteiger partial charge in [-0.25, -0.2) is 0 Å². The Kier molecular flexibility index (Phi) is 2.53. The second kappa shape index (κ2) is 4.33. The topological polar surface area (TPSA) is 83.8 Å². The number of hydrogen-bond donors (Lipinski definition) is 2. The standard InChI is InChI=1S/C12H10N4O2/c17-12(13-7-10-3-4-18-16-10)8-1-2-9-6-14-15-11(9)5-8/h1-6H,7H2,(H,13,17)(H,14,15). The number of aromatic amines is 1. The number of benzene rings is 1. The zero-order chi connectivity index (χ0) is 12.4. The van der Waals surface area contributed by atoms with Gasteiger partial charge in [-0.3, -0.25) is 9.89 Å². The van der Waals surface area contributed by atoms with Crippen molar-refractivity contribution in [2.45, 2.75) is 6.54 Å². The van der Waals surface area contributed by atoms with Crippen LogP contribution < -0.4 is 5.32 Å². The van der Waals surface area contributed by atoms with Gasteiger partial charge in [0.15, 0.2) is 0 Å². The summed E-state index contributed by atoms with van der Waals surface area (Å²) in [6, 6.07) is 7.08. The fraction of sp³-hybridized carbons (Fsp3) is 0.0833. The molecule has 3 aromatic rings. The molecule has 0 unspecified atom stereocenters. The van der Waals surface area contributed by atoms with E-state index >= 15 is 0 Å². The first kappa shape index (κ1) is 10.5. The minimum absolute atomic E-state index is 0.158. The highest BCUT2D eigenvalue weighted by Gasteiger charge is 2.07. The molecule has 0 radical (unpaired) electrons. The molecule has 0 fully saturated rings. The second-order valence-electron chi connectivity index (χ2n) is 3.85. The minimum Gasteiger partial charge on any atom is -0.364 e. The summed E-state index contributed by atoms with van der Waals surface area (Å²) in [7, 11) is 0. The molecule has 6 heteroatoms. The van der Waals surface area contributed by atoms with Crippen LogP contribution in [0.1, 0.15) is 16.1 Å². The Balaban J connectivity index is 1.75. The lowest BCUT2D eigenvalue weighted by Crippen LogP contribution is -2.22. The molecule has 0 spiro atoms. The summed E-state index contributed by atoms with van der Waals surface area (Å²) >= 11 is 0. The Bertz CT molecular complexity index is 672. The van der Waals surface area contributed by atoms with Crippen LogP contribution in [0, 0.1) is 0 Å². The lowest BCUT2D eigenvalue weighted by atomic mass is 10.1.